The molecule has 4 heteroatoms. The van der Waals surface area contributed by atoms with Gasteiger partial charge in [0.05, 0.1) is 0 Å². The van der Waals surface area contributed by atoms with E-state index >= 15 is 0 Å². The fourth-order valence-corrected chi connectivity index (χ4v) is 1.99. The van der Waals surface area contributed by atoms with E-state index in [0.717, 1.165) is 25.9 Å². The molecule has 0 aliphatic heterocycles. The summed E-state index contributed by atoms with van der Waals surface area (Å²) in [4.78, 5) is 10.2. The van der Waals surface area contributed by atoms with E-state index in [1.807, 2.05) is 11.8 Å². The Morgan fingerprint density at radius 3 is 2.31 bits per heavy atom. The lowest BCUT2D eigenvalue weighted by atomic mass is 10.2. The molecule has 0 amide bonds. The lowest BCUT2D eigenvalue weighted by Crippen LogP contribution is -2.16. The fourth-order valence-electron chi connectivity index (χ4n) is 1.50. The fraction of sp³-hybridized carbons (Fsp3) is 0.917. The van der Waals surface area contributed by atoms with E-state index in [2.05, 4.69) is 11.6 Å². The summed E-state index contributed by atoms with van der Waals surface area (Å²) < 4.78 is 0. The monoisotopic (exact) mass is 247 g/mol. The quantitative estimate of drug-likeness (QED) is 0.521. The van der Waals surface area contributed by atoms with Crippen LogP contribution in [0.2, 0.25) is 0 Å². The Kier molecular flexibility index (Phi) is 12.7. The number of rotatable bonds is 12. The number of carbonyl (C=O) groups is 1. The van der Waals surface area contributed by atoms with Crippen LogP contribution in [0.3, 0.4) is 0 Å². The van der Waals surface area contributed by atoms with Crippen LogP contribution < -0.4 is 5.32 Å². The predicted octanol–water partition coefficient (Wildman–Crippen LogP) is 2.75. The van der Waals surface area contributed by atoms with Gasteiger partial charge in [0.1, 0.15) is 0 Å². The van der Waals surface area contributed by atoms with Crippen molar-refractivity contribution >= 4 is 17.7 Å². The van der Waals surface area contributed by atoms with Gasteiger partial charge in [-0.15, -0.1) is 0 Å². The molecule has 0 aliphatic carbocycles. The second-order valence-corrected chi connectivity index (χ2v) is 4.99. The van der Waals surface area contributed by atoms with Crippen molar-refractivity contribution in [2.24, 2.45) is 0 Å². The second-order valence-electron chi connectivity index (χ2n) is 4.01. The highest BCUT2D eigenvalue weighted by Gasteiger charge is 1.95. The lowest BCUT2D eigenvalue weighted by molar-refractivity contribution is -0.137. The van der Waals surface area contributed by atoms with Crippen LogP contribution in [-0.2, 0) is 4.79 Å². The number of unbranched alkanes of at least 4 members (excludes halogenated alkanes) is 4. The minimum absolute atomic E-state index is 0.302. The third-order valence-corrected chi connectivity index (χ3v) is 3.14. The van der Waals surface area contributed by atoms with Crippen molar-refractivity contribution in [1.29, 1.82) is 0 Å². The number of aliphatic carboxylic acids is 1. The maximum Gasteiger partial charge on any atom is 0.303 e. The highest BCUT2D eigenvalue weighted by atomic mass is 32.2. The first kappa shape index (κ1) is 15.8. The zero-order valence-corrected chi connectivity index (χ0v) is 11.2. The Morgan fingerprint density at radius 2 is 1.69 bits per heavy atom. The first-order valence-electron chi connectivity index (χ1n) is 6.19. The highest BCUT2D eigenvalue weighted by molar-refractivity contribution is 7.98. The molecule has 16 heavy (non-hydrogen) atoms. The summed E-state index contributed by atoms with van der Waals surface area (Å²) in [6.45, 7) is 2.03. The van der Waals surface area contributed by atoms with Crippen LogP contribution in [0.15, 0.2) is 0 Å². The third kappa shape index (κ3) is 13.8. The summed E-state index contributed by atoms with van der Waals surface area (Å²) in [5, 5.41) is 11.8. The van der Waals surface area contributed by atoms with Crippen molar-refractivity contribution in [3.63, 3.8) is 0 Å². The van der Waals surface area contributed by atoms with Crippen molar-refractivity contribution in [1.82, 2.24) is 5.32 Å². The summed E-state index contributed by atoms with van der Waals surface area (Å²) in [6, 6.07) is 0. The molecular weight excluding hydrogens is 222 g/mol. The number of carboxylic acids is 1. The number of nitrogens with one attached hydrogen (secondary N) is 1. The average molecular weight is 247 g/mol. The normalized spacial score (nSPS) is 10.6. The maximum atomic E-state index is 10.2. The molecule has 0 aliphatic rings. The molecule has 0 saturated heterocycles. The number of hydrogen-bond donors (Lipinski definition) is 2. The molecule has 0 spiro atoms. The Bertz CT molecular complexity index is 165. The predicted molar refractivity (Wildman–Crippen MR) is 71.2 cm³/mol. The summed E-state index contributed by atoms with van der Waals surface area (Å²) in [6.07, 6.45) is 9.43. The van der Waals surface area contributed by atoms with Gasteiger partial charge in [-0.1, -0.05) is 12.8 Å². The smallest absolute Gasteiger partial charge is 0.303 e. The standard InChI is InChI=1S/C12H25NO2S/c1-16-11-7-3-2-5-9-13-10-6-4-8-12(14)15/h13H,2-11H2,1H3,(H,14,15). The van der Waals surface area contributed by atoms with Crippen LogP contribution in [0.25, 0.3) is 0 Å². The first-order chi connectivity index (χ1) is 7.77. The van der Waals surface area contributed by atoms with Crippen molar-refractivity contribution in [2.75, 3.05) is 25.1 Å². The Balaban J connectivity index is 2.90. The van der Waals surface area contributed by atoms with Gasteiger partial charge in [-0.25, -0.2) is 0 Å². The Labute approximate surface area is 103 Å². The zero-order valence-electron chi connectivity index (χ0n) is 10.3. The molecule has 96 valence electrons. The van der Waals surface area contributed by atoms with Crippen LogP contribution in [0.5, 0.6) is 0 Å². The van der Waals surface area contributed by atoms with Gasteiger partial charge in [0, 0.05) is 6.42 Å². The van der Waals surface area contributed by atoms with Crippen LogP contribution in [0, 0.1) is 0 Å². The molecule has 0 saturated carbocycles. The molecule has 2 N–H and O–H groups in total. The van der Waals surface area contributed by atoms with E-state index in [4.69, 9.17) is 5.11 Å². The summed E-state index contributed by atoms with van der Waals surface area (Å²) in [7, 11) is 0. The number of hydrogen-bond acceptors (Lipinski definition) is 3. The van der Waals surface area contributed by atoms with Gasteiger partial charge < -0.3 is 10.4 Å². The van der Waals surface area contributed by atoms with E-state index in [1.54, 1.807) is 0 Å². The second kappa shape index (κ2) is 12.8. The molecule has 0 heterocycles. The maximum absolute atomic E-state index is 10.2. The molecular formula is C12H25NO2S. The average Bonchev–Trinajstić information content (AvgIpc) is 2.25. The van der Waals surface area contributed by atoms with Gasteiger partial charge in [0.25, 0.3) is 0 Å². The van der Waals surface area contributed by atoms with Gasteiger partial charge >= 0.3 is 5.97 Å². The van der Waals surface area contributed by atoms with Crippen LogP contribution in [-0.4, -0.2) is 36.2 Å². The van der Waals surface area contributed by atoms with Crippen molar-refractivity contribution in [3.8, 4) is 0 Å². The minimum atomic E-state index is -0.686. The van der Waals surface area contributed by atoms with Crippen LogP contribution >= 0.6 is 11.8 Å². The van der Waals surface area contributed by atoms with Gasteiger partial charge in [-0.2, -0.15) is 11.8 Å². The van der Waals surface area contributed by atoms with E-state index in [9.17, 15) is 4.79 Å². The highest BCUT2D eigenvalue weighted by Crippen LogP contribution is 2.03. The minimum Gasteiger partial charge on any atom is -0.481 e. The molecule has 0 aromatic carbocycles. The van der Waals surface area contributed by atoms with Crippen molar-refractivity contribution in [2.45, 2.75) is 44.9 Å². The van der Waals surface area contributed by atoms with E-state index in [0.29, 0.717) is 6.42 Å². The topological polar surface area (TPSA) is 49.3 Å². The molecule has 0 bridgehead atoms. The van der Waals surface area contributed by atoms with Gasteiger partial charge in [-0.3, -0.25) is 4.79 Å². The largest absolute Gasteiger partial charge is 0.481 e. The molecule has 0 aromatic heterocycles. The first-order valence-corrected chi connectivity index (χ1v) is 7.58. The van der Waals surface area contributed by atoms with Gasteiger partial charge in [-0.05, 0) is 50.8 Å². The van der Waals surface area contributed by atoms with Crippen molar-refractivity contribution in [3.05, 3.63) is 0 Å². The molecule has 0 aromatic rings. The molecule has 0 fully saturated rings. The summed E-state index contributed by atoms with van der Waals surface area (Å²) in [5.41, 5.74) is 0. The number of thioether (sulfide) groups is 1. The molecule has 3 nitrogen and oxygen atoms in total. The van der Waals surface area contributed by atoms with E-state index in [1.165, 1.54) is 31.4 Å². The molecule has 0 radical (unpaired) electrons. The van der Waals surface area contributed by atoms with E-state index < -0.39 is 5.97 Å². The zero-order chi connectivity index (χ0) is 12.1. The molecule has 0 rings (SSSR count). The van der Waals surface area contributed by atoms with Crippen LogP contribution in [0.1, 0.15) is 44.9 Å². The van der Waals surface area contributed by atoms with Crippen LogP contribution in [0.4, 0.5) is 0 Å². The Hall–Kier alpha value is -0.220. The molecule has 0 atom stereocenters. The molecule has 0 unspecified atom stereocenters. The van der Waals surface area contributed by atoms with Gasteiger partial charge in [0.2, 0.25) is 0 Å². The van der Waals surface area contributed by atoms with Gasteiger partial charge in [0.15, 0.2) is 0 Å². The third-order valence-electron chi connectivity index (χ3n) is 2.45. The van der Waals surface area contributed by atoms with E-state index in [-0.39, 0.29) is 0 Å². The SMILES string of the molecule is CSCCCCCCNCCCCC(=O)O. The Morgan fingerprint density at radius 1 is 1.06 bits per heavy atom. The lowest BCUT2D eigenvalue weighted by Gasteiger charge is -2.03. The number of carboxylic acid groups (broad SMARTS) is 1. The van der Waals surface area contributed by atoms with Crippen molar-refractivity contribution < 1.29 is 9.90 Å². The summed E-state index contributed by atoms with van der Waals surface area (Å²) >= 11 is 1.92. The summed E-state index contributed by atoms with van der Waals surface area (Å²) in [5.74, 6) is 0.594.